The summed E-state index contributed by atoms with van der Waals surface area (Å²) in [6.45, 7) is 4.66. The molecule has 0 radical (unpaired) electrons. The maximum atomic E-state index is 13.3. The van der Waals surface area contributed by atoms with E-state index >= 15 is 0 Å². The van der Waals surface area contributed by atoms with Gasteiger partial charge in [0, 0.05) is 13.0 Å². The first-order valence-electron chi connectivity index (χ1n) is 9.40. The molecule has 4 rings (SSSR count). The van der Waals surface area contributed by atoms with Crippen LogP contribution in [0.4, 0.5) is 8.78 Å². The molecular formula is C19H22F2N4O5S. The van der Waals surface area contributed by atoms with Crippen LogP contribution >= 0.6 is 0 Å². The normalized spacial score (nSPS) is 21.8. The Morgan fingerprint density at radius 3 is 2.45 bits per heavy atom. The molecule has 9 nitrogen and oxygen atoms in total. The SMILES string of the molecule is C=CC(N)=O.CC1(NS(=O)(=O)c2ccc3c(c2)c(=O)[nH]c(=O)n3CC2CC2)CC1(F)F. The monoisotopic (exact) mass is 456 g/mol. The lowest BCUT2D eigenvalue weighted by molar-refractivity contribution is -0.113. The van der Waals surface area contributed by atoms with E-state index in [0.29, 0.717) is 18.0 Å². The molecule has 168 valence electrons. The minimum atomic E-state index is -4.24. The summed E-state index contributed by atoms with van der Waals surface area (Å²) in [7, 11) is -4.24. The van der Waals surface area contributed by atoms with Crippen molar-refractivity contribution in [3.8, 4) is 0 Å². The van der Waals surface area contributed by atoms with E-state index in [9.17, 15) is 31.6 Å². The van der Waals surface area contributed by atoms with Crippen LogP contribution in [0.25, 0.3) is 10.9 Å². The molecule has 0 saturated heterocycles. The van der Waals surface area contributed by atoms with E-state index in [4.69, 9.17) is 0 Å². The van der Waals surface area contributed by atoms with E-state index < -0.39 is 45.1 Å². The summed E-state index contributed by atoms with van der Waals surface area (Å²) in [6, 6.07) is 3.70. The average molecular weight is 456 g/mol. The molecule has 0 spiro atoms. The second-order valence-electron chi connectivity index (χ2n) is 7.92. The van der Waals surface area contributed by atoms with Crippen LogP contribution < -0.4 is 21.7 Å². The molecule has 1 aromatic carbocycles. The van der Waals surface area contributed by atoms with Gasteiger partial charge in [0.05, 0.1) is 21.3 Å². The number of benzene rings is 1. The second-order valence-corrected chi connectivity index (χ2v) is 9.60. The van der Waals surface area contributed by atoms with Crippen LogP contribution in [0, 0.1) is 5.92 Å². The Morgan fingerprint density at radius 2 is 1.97 bits per heavy atom. The van der Waals surface area contributed by atoms with Gasteiger partial charge in [-0.25, -0.2) is 22.0 Å². The molecule has 2 fully saturated rings. The Labute approximate surface area is 176 Å². The molecule has 2 aliphatic rings. The van der Waals surface area contributed by atoms with Gasteiger partial charge in [-0.15, -0.1) is 0 Å². The Morgan fingerprint density at radius 1 is 1.39 bits per heavy atom. The van der Waals surface area contributed by atoms with E-state index in [0.717, 1.165) is 31.9 Å². The number of nitrogens with one attached hydrogen (secondary N) is 2. The number of amides is 1. The minimum Gasteiger partial charge on any atom is -0.366 e. The number of carbonyl (C=O) groups is 1. The molecular weight excluding hydrogens is 434 g/mol. The second kappa shape index (κ2) is 7.68. The van der Waals surface area contributed by atoms with Crippen LogP contribution in [0.1, 0.15) is 26.2 Å². The number of halogens is 2. The third-order valence-electron chi connectivity index (χ3n) is 5.24. The third-order valence-corrected chi connectivity index (χ3v) is 6.83. The number of sulfonamides is 1. The van der Waals surface area contributed by atoms with Gasteiger partial charge in [0.2, 0.25) is 15.9 Å². The Balaban J connectivity index is 0.000000491. The first-order valence-corrected chi connectivity index (χ1v) is 10.9. The molecule has 2 saturated carbocycles. The number of hydrogen-bond donors (Lipinski definition) is 3. The van der Waals surface area contributed by atoms with Gasteiger partial charge in [0.1, 0.15) is 0 Å². The lowest BCUT2D eigenvalue weighted by Gasteiger charge is -2.14. The third kappa shape index (κ3) is 4.74. The van der Waals surface area contributed by atoms with Crippen molar-refractivity contribution >= 4 is 26.8 Å². The highest BCUT2D eigenvalue weighted by molar-refractivity contribution is 7.89. The van der Waals surface area contributed by atoms with Gasteiger partial charge in [0.25, 0.3) is 11.5 Å². The molecule has 0 bridgehead atoms. The van der Waals surface area contributed by atoms with Crippen LogP contribution in [0.3, 0.4) is 0 Å². The first-order chi connectivity index (χ1) is 14.3. The van der Waals surface area contributed by atoms with E-state index in [2.05, 4.69) is 17.3 Å². The van der Waals surface area contributed by atoms with Gasteiger partial charge in [-0.3, -0.25) is 19.1 Å². The van der Waals surface area contributed by atoms with Crippen molar-refractivity contribution in [2.45, 2.75) is 49.1 Å². The molecule has 1 amide bonds. The Kier molecular flexibility index (Phi) is 5.65. The molecule has 1 atom stereocenters. The molecule has 1 heterocycles. The van der Waals surface area contributed by atoms with Crippen LogP contribution in [0.5, 0.6) is 0 Å². The molecule has 12 heteroatoms. The van der Waals surface area contributed by atoms with Crippen molar-refractivity contribution in [2.75, 3.05) is 0 Å². The van der Waals surface area contributed by atoms with Gasteiger partial charge < -0.3 is 5.73 Å². The lowest BCUT2D eigenvalue weighted by atomic mass is 10.2. The highest BCUT2D eigenvalue weighted by Gasteiger charge is 2.69. The maximum Gasteiger partial charge on any atom is 0.328 e. The topological polar surface area (TPSA) is 144 Å². The van der Waals surface area contributed by atoms with Gasteiger partial charge in [-0.2, -0.15) is 4.72 Å². The molecule has 4 N–H and O–H groups in total. The number of carbonyl (C=O) groups excluding carboxylic acids is 1. The standard InChI is InChI=1S/C16H17F2N3O4S.C3H5NO/c1-15(8-16(15,17)18)20-26(24,25)10-4-5-12-11(6-10)13(22)19-14(23)21(12)7-9-2-3-9;1-2-3(4)5/h4-6,9,20H,2-3,7-8H2,1H3,(H,19,22,23);2H,1H2,(H2,4,5). The summed E-state index contributed by atoms with van der Waals surface area (Å²) >= 11 is 0. The summed E-state index contributed by atoms with van der Waals surface area (Å²) in [6.07, 6.45) is 2.47. The predicted octanol–water partition coefficient (Wildman–Crippen LogP) is 0.833. The Bertz CT molecular complexity index is 1280. The minimum absolute atomic E-state index is 0.0286. The molecule has 31 heavy (non-hydrogen) atoms. The number of aromatic nitrogens is 2. The number of rotatable bonds is 6. The van der Waals surface area contributed by atoms with Crippen LogP contribution in [0.15, 0.2) is 45.3 Å². The van der Waals surface area contributed by atoms with Crippen molar-refractivity contribution in [3.05, 3.63) is 51.7 Å². The molecule has 1 aromatic heterocycles. The zero-order valence-electron chi connectivity index (χ0n) is 16.7. The number of aromatic amines is 1. The quantitative estimate of drug-likeness (QED) is 0.552. The van der Waals surface area contributed by atoms with E-state index in [1.54, 1.807) is 0 Å². The zero-order valence-corrected chi connectivity index (χ0v) is 17.5. The number of hydrogen-bond acceptors (Lipinski definition) is 5. The van der Waals surface area contributed by atoms with Gasteiger partial charge in [0.15, 0.2) is 0 Å². The number of fused-ring (bicyclic) bond motifs is 1. The maximum absolute atomic E-state index is 13.3. The summed E-state index contributed by atoms with van der Waals surface area (Å²) in [5.74, 6) is -3.21. The van der Waals surface area contributed by atoms with E-state index in [1.807, 2.05) is 4.72 Å². The summed E-state index contributed by atoms with van der Waals surface area (Å²) in [5, 5.41) is 0.0286. The molecule has 2 aromatic rings. The Hall–Kier alpha value is -2.86. The van der Waals surface area contributed by atoms with Gasteiger partial charge in [-0.1, -0.05) is 6.58 Å². The van der Waals surface area contributed by atoms with Crippen molar-refractivity contribution in [1.82, 2.24) is 14.3 Å². The molecule has 1 unspecified atom stereocenters. The highest BCUT2D eigenvalue weighted by Crippen LogP contribution is 2.52. The number of alkyl halides is 2. The summed E-state index contributed by atoms with van der Waals surface area (Å²) < 4.78 is 55.0. The van der Waals surface area contributed by atoms with Crippen LogP contribution in [-0.2, 0) is 21.4 Å². The van der Waals surface area contributed by atoms with Crippen molar-refractivity contribution < 1.29 is 22.0 Å². The number of H-pyrrole nitrogens is 1. The van der Waals surface area contributed by atoms with E-state index in [-0.39, 0.29) is 10.3 Å². The molecule has 2 aliphatic carbocycles. The summed E-state index contributed by atoms with van der Waals surface area (Å²) in [5.41, 5.74) is 1.78. The fourth-order valence-electron chi connectivity index (χ4n) is 3.05. The smallest absolute Gasteiger partial charge is 0.328 e. The lowest BCUT2D eigenvalue weighted by Crippen LogP contribution is -2.39. The van der Waals surface area contributed by atoms with Gasteiger partial charge >= 0.3 is 5.69 Å². The van der Waals surface area contributed by atoms with Crippen LogP contribution in [-0.4, -0.2) is 35.3 Å². The number of nitrogens with two attached hydrogens (primary N) is 1. The van der Waals surface area contributed by atoms with Crippen LogP contribution in [0.2, 0.25) is 0 Å². The number of primary amides is 1. The van der Waals surface area contributed by atoms with Crippen molar-refractivity contribution in [1.29, 1.82) is 0 Å². The fraction of sp³-hybridized carbons (Fsp3) is 0.421. The largest absolute Gasteiger partial charge is 0.366 e. The summed E-state index contributed by atoms with van der Waals surface area (Å²) in [4.78, 5) is 35.5. The van der Waals surface area contributed by atoms with E-state index in [1.165, 1.54) is 16.7 Å². The van der Waals surface area contributed by atoms with Crippen molar-refractivity contribution in [2.24, 2.45) is 11.7 Å². The van der Waals surface area contributed by atoms with Gasteiger partial charge in [-0.05, 0) is 50.0 Å². The molecule has 0 aliphatic heterocycles. The average Bonchev–Trinajstić information content (AvgIpc) is 3.56. The first kappa shape index (κ1) is 22.8. The predicted molar refractivity (Wildman–Crippen MR) is 109 cm³/mol. The van der Waals surface area contributed by atoms with Crippen molar-refractivity contribution in [3.63, 3.8) is 0 Å². The zero-order chi connectivity index (χ0) is 23.2. The number of nitrogens with zero attached hydrogens (tertiary/aromatic N) is 1. The fourth-order valence-corrected chi connectivity index (χ4v) is 4.50. The highest BCUT2D eigenvalue weighted by atomic mass is 32.2.